The summed E-state index contributed by atoms with van der Waals surface area (Å²) in [4.78, 5) is 0. The van der Waals surface area contributed by atoms with Gasteiger partial charge in [0.25, 0.3) is 0 Å². The van der Waals surface area contributed by atoms with Crippen LogP contribution in [-0.4, -0.2) is 20.7 Å². The van der Waals surface area contributed by atoms with E-state index >= 15 is 0 Å². The molecule has 0 atom stereocenters. The third-order valence-electron chi connectivity index (χ3n) is 1.64. The zero-order valence-corrected chi connectivity index (χ0v) is 9.28. The van der Waals surface area contributed by atoms with Gasteiger partial charge in [-0.2, -0.15) is 0 Å². The van der Waals surface area contributed by atoms with Crippen molar-refractivity contribution in [3.05, 3.63) is 29.0 Å². The van der Waals surface area contributed by atoms with E-state index in [9.17, 15) is 12.8 Å². The van der Waals surface area contributed by atoms with E-state index in [2.05, 4.69) is 5.32 Å². The maximum atomic E-state index is 12.9. The molecule has 1 aromatic carbocycles. The Hall–Kier alpha value is -0.850. The van der Waals surface area contributed by atoms with Crippen molar-refractivity contribution in [2.75, 3.05) is 17.6 Å². The maximum absolute atomic E-state index is 12.9. The smallest absolute Gasteiger partial charge is 0.210 e. The number of nitrogens with two attached hydrogens (primary N) is 1. The topological polar surface area (TPSA) is 72.2 Å². The number of primary sulfonamides is 1. The fraction of sp³-hybridized carbons (Fsp3) is 0.250. The fourth-order valence-electron chi connectivity index (χ4n) is 0.944. The second-order valence-corrected chi connectivity index (χ2v) is 5.06. The zero-order chi connectivity index (χ0) is 11.5. The van der Waals surface area contributed by atoms with Crippen LogP contribution in [-0.2, 0) is 10.0 Å². The van der Waals surface area contributed by atoms with Gasteiger partial charge in [-0.3, -0.25) is 0 Å². The van der Waals surface area contributed by atoms with E-state index in [0.29, 0.717) is 5.69 Å². The molecule has 3 N–H and O–H groups in total. The molecule has 7 heteroatoms. The van der Waals surface area contributed by atoms with Gasteiger partial charge in [0.1, 0.15) is 5.82 Å². The SMILES string of the molecule is NS(=O)(=O)CCNc1ccc(Cl)c(F)c1. The molecule has 0 fully saturated rings. The van der Waals surface area contributed by atoms with Gasteiger partial charge in [0.15, 0.2) is 0 Å². The molecule has 0 amide bonds. The van der Waals surface area contributed by atoms with E-state index in [-0.39, 0.29) is 17.3 Å². The number of rotatable bonds is 4. The molecule has 0 heterocycles. The lowest BCUT2D eigenvalue weighted by Gasteiger charge is -2.05. The summed E-state index contributed by atoms with van der Waals surface area (Å²) in [5.74, 6) is -0.769. The quantitative estimate of drug-likeness (QED) is 0.845. The Morgan fingerprint density at radius 1 is 1.47 bits per heavy atom. The average Bonchev–Trinajstić information content (AvgIpc) is 2.09. The molecule has 0 saturated heterocycles. The minimum Gasteiger partial charge on any atom is -0.384 e. The summed E-state index contributed by atoms with van der Waals surface area (Å²) in [6.45, 7) is 0.125. The first-order valence-corrected chi connectivity index (χ1v) is 6.17. The Morgan fingerprint density at radius 2 is 2.13 bits per heavy atom. The predicted octanol–water partition coefficient (Wildman–Crippen LogP) is 1.18. The molecule has 0 saturated carbocycles. The third kappa shape index (κ3) is 4.46. The molecule has 0 spiro atoms. The highest BCUT2D eigenvalue weighted by atomic mass is 35.5. The number of halogens is 2. The first-order chi connectivity index (χ1) is 6.88. The number of hydrogen-bond donors (Lipinski definition) is 2. The summed E-state index contributed by atoms with van der Waals surface area (Å²) in [6, 6.07) is 4.12. The van der Waals surface area contributed by atoms with Crippen LogP contribution < -0.4 is 10.5 Å². The van der Waals surface area contributed by atoms with Gasteiger partial charge in [-0.05, 0) is 18.2 Å². The Kier molecular flexibility index (Phi) is 3.90. The Bertz CT molecular complexity index is 450. The van der Waals surface area contributed by atoms with E-state index in [1.807, 2.05) is 0 Å². The van der Waals surface area contributed by atoms with Gasteiger partial charge >= 0.3 is 0 Å². The summed E-state index contributed by atoms with van der Waals surface area (Å²) in [5, 5.41) is 7.52. The highest BCUT2D eigenvalue weighted by Crippen LogP contribution is 2.18. The second kappa shape index (κ2) is 4.78. The van der Waals surface area contributed by atoms with Crippen molar-refractivity contribution in [3.8, 4) is 0 Å². The molecule has 0 aliphatic rings. The van der Waals surface area contributed by atoms with E-state index in [4.69, 9.17) is 16.7 Å². The van der Waals surface area contributed by atoms with Gasteiger partial charge in [-0.1, -0.05) is 11.6 Å². The first-order valence-electron chi connectivity index (χ1n) is 4.08. The lowest BCUT2D eigenvalue weighted by Crippen LogP contribution is -2.22. The molecule has 0 radical (unpaired) electrons. The van der Waals surface area contributed by atoms with Crippen LogP contribution in [0.3, 0.4) is 0 Å². The van der Waals surface area contributed by atoms with Crippen LogP contribution in [0.1, 0.15) is 0 Å². The minimum atomic E-state index is -3.49. The van der Waals surface area contributed by atoms with Gasteiger partial charge in [0.05, 0.1) is 10.8 Å². The normalized spacial score (nSPS) is 11.4. The van der Waals surface area contributed by atoms with Crippen molar-refractivity contribution in [3.63, 3.8) is 0 Å². The predicted molar refractivity (Wildman–Crippen MR) is 57.9 cm³/mol. The largest absolute Gasteiger partial charge is 0.384 e. The van der Waals surface area contributed by atoms with Gasteiger partial charge in [0.2, 0.25) is 10.0 Å². The Morgan fingerprint density at radius 3 is 2.67 bits per heavy atom. The molecule has 15 heavy (non-hydrogen) atoms. The van der Waals surface area contributed by atoms with Crippen LogP contribution in [0, 0.1) is 5.82 Å². The van der Waals surface area contributed by atoms with Crippen molar-refractivity contribution in [2.24, 2.45) is 5.14 Å². The number of benzene rings is 1. The number of hydrogen-bond acceptors (Lipinski definition) is 3. The monoisotopic (exact) mass is 252 g/mol. The molecule has 4 nitrogen and oxygen atoms in total. The van der Waals surface area contributed by atoms with E-state index in [1.165, 1.54) is 12.1 Å². The van der Waals surface area contributed by atoms with Crippen molar-refractivity contribution >= 4 is 27.3 Å². The van der Waals surface area contributed by atoms with E-state index < -0.39 is 15.8 Å². The molecule has 84 valence electrons. The summed E-state index contributed by atoms with van der Waals surface area (Å²) in [5.41, 5.74) is 0.459. The highest BCUT2D eigenvalue weighted by Gasteiger charge is 2.03. The Labute approximate surface area is 92.3 Å². The number of sulfonamides is 1. The van der Waals surface area contributed by atoms with Crippen molar-refractivity contribution in [2.45, 2.75) is 0 Å². The molecule has 1 rings (SSSR count). The van der Waals surface area contributed by atoms with E-state index in [1.54, 1.807) is 6.07 Å². The molecule has 0 unspecified atom stereocenters. The molecular weight excluding hydrogens is 243 g/mol. The van der Waals surface area contributed by atoms with Crippen molar-refractivity contribution in [1.82, 2.24) is 0 Å². The molecule has 1 aromatic rings. The minimum absolute atomic E-state index is 0.0204. The molecule has 0 aliphatic carbocycles. The standard InChI is InChI=1S/C8H10ClFN2O2S/c9-7-2-1-6(5-8(7)10)12-3-4-15(11,13)14/h1-2,5,12H,3-4H2,(H2,11,13,14). The van der Waals surface area contributed by atoms with E-state index in [0.717, 1.165) is 0 Å². The van der Waals surface area contributed by atoms with Gasteiger partial charge in [-0.25, -0.2) is 17.9 Å². The summed E-state index contributed by atoms with van der Waals surface area (Å²) < 4.78 is 34.1. The molecule has 0 bridgehead atoms. The average molecular weight is 253 g/mol. The van der Waals surface area contributed by atoms with Crippen LogP contribution in [0.15, 0.2) is 18.2 Å². The van der Waals surface area contributed by atoms with Crippen molar-refractivity contribution < 1.29 is 12.8 Å². The second-order valence-electron chi connectivity index (χ2n) is 2.92. The van der Waals surface area contributed by atoms with Crippen LogP contribution in [0.2, 0.25) is 5.02 Å². The lowest BCUT2D eigenvalue weighted by atomic mass is 10.3. The summed E-state index contributed by atoms with van der Waals surface area (Å²) in [7, 11) is -3.49. The van der Waals surface area contributed by atoms with Crippen LogP contribution in [0.5, 0.6) is 0 Å². The maximum Gasteiger partial charge on any atom is 0.210 e. The Balaban J connectivity index is 2.55. The summed E-state index contributed by atoms with van der Waals surface area (Å²) >= 11 is 5.47. The fourth-order valence-corrected chi connectivity index (χ4v) is 1.45. The van der Waals surface area contributed by atoms with Gasteiger partial charge < -0.3 is 5.32 Å². The van der Waals surface area contributed by atoms with Gasteiger partial charge in [-0.15, -0.1) is 0 Å². The molecule has 0 aromatic heterocycles. The number of nitrogens with one attached hydrogen (secondary N) is 1. The molecule has 0 aliphatic heterocycles. The van der Waals surface area contributed by atoms with Crippen LogP contribution in [0.4, 0.5) is 10.1 Å². The molecular formula is C8H10ClFN2O2S. The first kappa shape index (κ1) is 12.2. The van der Waals surface area contributed by atoms with Gasteiger partial charge in [0, 0.05) is 12.2 Å². The highest BCUT2D eigenvalue weighted by molar-refractivity contribution is 7.89. The number of anilines is 1. The third-order valence-corrected chi connectivity index (χ3v) is 2.71. The summed E-state index contributed by atoms with van der Waals surface area (Å²) in [6.07, 6.45) is 0. The van der Waals surface area contributed by atoms with Crippen molar-refractivity contribution in [1.29, 1.82) is 0 Å². The van der Waals surface area contributed by atoms with Crippen LogP contribution >= 0.6 is 11.6 Å². The lowest BCUT2D eigenvalue weighted by molar-refractivity contribution is 0.598. The van der Waals surface area contributed by atoms with Crippen LogP contribution in [0.25, 0.3) is 0 Å². The zero-order valence-electron chi connectivity index (χ0n) is 7.70.